The van der Waals surface area contributed by atoms with Crippen LogP contribution in [0.25, 0.3) is 0 Å². The average molecular weight is 485 g/mol. The average Bonchev–Trinajstić information content (AvgIpc) is 3.38. The molecular formula is C25H32N4O4S. The Morgan fingerprint density at radius 1 is 1.06 bits per heavy atom. The highest BCUT2D eigenvalue weighted by Gasteiger charge is 2.27. The Morgan fingerprint density at radius 2 is 1.79 bits per heavy atom. The second-order valence-corrected chi connectivity index (χ2v) is 9.71. The van der Waals surface area contributed by atoms with Gasteiger partial charge in [-0.2, -0.15) is 0 Å². The van der Waals surface area contributed by atoms with E-state index >= 15 is 0 Å². The number of hydrogen-bond acceptors (Lipinski definition) is 7. The van der Waals surface area contributed by atoms with E-state index in [-0.39, 0.29) is 36.5 Å². The van der Waals surface area contributed by atoms with Crippen molar-refractivity contribution in [2.75, 3.05) is 43.5 Å². The minimum atomic E-state index is -0.365. The zero-order valence-electron chi connectivity index (χ0n) is 19.6. The summed E-state index contributed by atoms with van der Waals surface area (Å²) in [6, 6.07) is 7.96. The maximum absolute atomic E-state index is 13.0. The second-order valence-electron chi connectivity index (χ2n) is 8.82. The number of rotatable bonds is 7. The molecule has 182 valence electrons. The summed E-state index contributed by atoms with van der Waals surface area (Å²) in [5, 5.41) is 5.83. The SMILES string of the molecule is COC(=O)CCC(=O)N1CCC(c2nc(C(=O)Nc3ccccc3N3CCCCC3)cs2)CC1. The number of carbonyl (C=O) groups excluding carboxylic acids is 3. The molecule has 2 saturated heterocycles. The second kappa shape index (κ2) is 11.5. The largest absolute Gasteiger partial charge is 0.469 e. The molecule has 8 nitrogen and oxygen atoms in total. The maximum atomic E-state index is 13.0. The molecule has 0 aliphatic carbocycles. The minimum absolute atomic E-state index is 0.0181. The van der Waals surface area contributed by atoms with Gasteiger partial charge in [-0.25, -0.2) is 4.98 Å². The zero-order valence-corrected chi connectivity index (χ0v) is 20.4. The van der Waals surface area contributed by atoms with Crippen LogP contribution in [-0.4, -0.2) is 61.0 Å². The lowest BCUT2D eigenvalue weighted by Crippen LogP contribution is -2.38. The Bertz CT molecular complexity index is 1010. The van der Waals surface area contributed by atoms with Gasteiger partial charge in [-0.15, -0.1) is 11.3 Å². The summed E-state index contributed by atoms with van der Waals surface area (Å²) < 4.78 is 4.61. The van der Waals surface area contributed by atoms with Crippen molar-refractivity contribution >= 4 is 40.5 Å². The van der Waals surface area contributed by atoms with Crippen LogP contribution in [0.1, 0.15) is 66.4 Å². The Labute approximate surface area is 204 Å². The molecule has 2 aliphatic rings. The van der Waals surface area contributed by atoms with Gasteiger partial charge in [0.15, 0.2) is 0 Å². The number of amides is 2. The molecule has 0 unspecified atom stereocenters. The molecule has 34 heavy (non-hydrogen) atoms. The number of anilines is 2. The van der Waals surface area contributed by atoms with E-state index < -0.39 is 0 Å². The van der Waals surface area contributed by atoms with E-state index in [0.717, 1.165) is 42.3 Å². The van der Waals surface area contributed by atoms with Crippen molar-refractivity contribution in [2.45, 2.75) is 50.9 Å². The van der Waals surface area contributed by atoms with Gasteiger partial charge in [0.2, 0.25) is 5.91 Å². The number of benzene rings is 1. The fourth-order valence-corrected chi connectivity index (χ4v) is 5.57. The molecule has 1 aromatic carbocycles. The number of ether oxygens (including phenoxy) is 1. The van der Waals surface area contributed by atoms with Crippen molar-refractivity contribution in [3.05, 3.63) is 40.3 Å². The first kappa shape index (κ1) is 24.2. The van der Waals surface area contributed by atoms with E-state index in [1.165, 1.54) is 37.7 Å². The van der Waals surface area contributed by atoms with Gasteiger partial charge in [0, 0.05) is 43.9 Å². The molecule has 0 saturated carbocycles. The van der Waals surface area contributed by atoms with E-state index in [1.54, 1.807) is 4.90 Å². The third-order valence-electron chi connectivity index (χ3n) is 6.57. The molecule has 1 N–H and O–H groups in total. The summed E-state index contributed by atoms with van der Waals surface area (Å²) in [7, 11) is 1.33. The van der Waals surface area contributed by atoms with Crippen molar-refractivity contribution in [3.63, 3.8) is 0 Å². The predicted molar refractivity (Wildman–Crippen MR) is 132 cm³/mol. The highest BCUT2D eigenvalue weighted by atomic mass is 32.1. The molecule has 9 heteroatoms. The minimum Gasteiger partial charge on any atom is -0.469 e. The number of nitrogens with one attached hydrogen (secondary N) is 1. The van der Waals surface area contributed by atoms with Crippen molar-refractivity contribution < 1.29 is 19.1 Å². The lowest BCUT2D eigenvalue weighted by Gasteiger charge is -2.31. The molecule has 2 aliphatic heterocycles. The first-order valence-electron chi connectivity index (χ1n) is 12.0. The summed E-state index contributed by atoms with van der Waals surface area (Å²) in [5.74, 6) is -0.343. The fourth-order valence-electron chi connectivity index (χ4n) is 4.60. The van der Waals surface area contributed by atoms with E-state index in [0.29, 0.717) is 18.8 Å². The standard InChI is InChI=1S/C25H32N4O4S/c1-33-23(31)10-9-22(30)29-15-11-18(12-16-29)25-27-20(17-34-25)24(32)26-19-7-3-4-8-21(19)28-13-5-2-6-14-28/h3-4,7-8,17-18H,2,5-6,9-16H2,1H3,(H,26,32). The van der Waals surface area contributed by atoms with Crippen LogP contribution in [0.5, 0.6) is 0 Å². The van der Waals surface area contributed by atoms with Crippen LogP contribution in [0.2, 0.25) is 0 Å². The van der Waals surface area contributed by atoms with Gasteiger partial charge in [-0.1, -0.05) is 12.1 Å². The van der Waals surface area contributed by atoms with Gasteiger partial charge in [-0.05, 0) is 44.2 Å². The number of likely N-dealkylation sites (tertiary alicyclic amines) is 1. The number of para-hydroxylation sites is 2. The first-order valence-corrected chi connectivity index (χ1v) is 12.9. The maximum Gasteiger partial charge on any atom is 0.306 e. The highest BCUT2D eigenvalue weighted by Crippen LogP contribution is 2.32. The lowest BCUT2D eigenvalue weighted by molar-refractivity contribution is -0.143. The van der Waals surface area contributed by atoms with Crippen molar-refractivity contribution in [3.8, 4) is 0 Å². The fraction of sp³-hybridized carbons (Fsp3) is 0.520. The summed E-state index contributed by atoms with van der Waals surface area (Å²) >= 11 is 1.51. The molecule has 1 aromatic heterocycles. The molecular weight excluding hydrogens is 452 g/mol. The number of piperidine rings is 2. The van der Waals surface area contributed by atoms with Gasteiger partial charge in [0.1, 0.15) is 5.69 Å². The van der Waals surface area contributed by atoms with Crippen LogP contribution in [0.3, 0.4) is 0 Å². The third-order valence-corrected chi connectivity index (χ3v) is 7.58. The van der Waals surface area contributed by atoms with E-state index in [1.807, 2.05) is 23.6 Å². The molecule has 0 spiro atoms. The lowest BCUT2D eigenvalue weighted by atomic mass is 9.97. The van der Waals surface area contributed by atoms with Crippen LogP contribution in [0.15, 0.2) is 29.6 Å². The Balaban J connectivity index is 1.32. The summed E-state index contributed by atoms with van der Waals surface area (Å²) in [4.78, 5) is 45.3. The molecule has 2 aromatic rings. The number of esters is 1. The van der Waals surface area contributed by atoms with Crippen LogP contribution >= 0.6 is 11.3 Å². The number of hydrogen-bond donors (Lipinski definition) is 1. The van der Waals surface area contributed by atoms with Crippen LogP contribution in [0.4, 0.5) is 11.4 Å². The van der Waals surface area contributed by atoms with Crippen LogP contribution in [-0.2, 0) is 14.3 Å². The number of aromatic nitrogens is 1. The van der Waals surface area contributed by atoms with Gasteiger partial charge < -0.3 is 19.9 Å². The van der Waals surface area contributed by atoms with Gasteiger partial charge >= 0.3 is 5.97 Å². The highest BCUT2D eigenvalue weighted by molar-refractivity contribution is 7.10. The number of carbonyl (C=O) groups is 3. The zero-order chi connectivity index (χ0) is 23.9. The van der Waals surface area contributed by atoms with Gasteiger partial charge in [0.05, 0.1) is 29.9 Å². The Hall–Kier alpha value is -2.94. The molecule has 0 bridgehead atoms. The first-order chi connectivity index (χ1) is 16.5. The summed E-state index contributed by atoms with van der Waals surface area (Å²) in [6.07, 6.45) is 5.50. The molecule has 4 rings (SSSR count). The van der Waals surface area contributed by atoms with Crippen molar-refractivity contribution in [1.29, 1.82) is 0 Å². The van der Waals surface area contributed by atoms with E-state index in [2.05, 4.69) is 26.0 Å². The normalized spacial score (nSPS) is 16.9. The van der Waals surface area contributed by atoms with Gasteiger partial charge in [-0.3, -0.25) is 14.4 Å². The predicted octanol–water partition coefficient (Wildman–Crippen LogP) is 4.04. The summed E-state index contributed by atoms with van der Waals surface area (Å²) in [5.41, 5.74) is 2.32. The number of nitrogens with zero attached hydrogens (tertiary/aromatic N) is 3. The monoisotopic (exact) mass is 484 g/mol. The quantitative estimate of drug-likeness (QED) is 0.597. The van der Waals surface area contributed by atoms with E-state index in [4.69, 9.17) is 0 Å². The number of methoxy groups -OCH3 is 1. The van der Waals surface area contributed by atoms with Crippen molar-refractivity contribution in [1.82, 2.24) is 9.88 Å². The molecule has 0 radical (unpaired) electrons. The molecule has 3 heterocycles. The summed E-state index contributed by atoms with van der Waals surface area (Å²) in [6.45, 7) is 3.29. The molecule has 2 fully saturated rings. The van der Waals surface area contributed by atoms with E-state index in [9.17, 15) is 14.4 Å². The van der Waals surface area contributed by atoms with Crippen LogP contribution < -0.4 is 10.2 Å². The van der Waals surface area contributed by atoms with Gasteiger partial charge in [0.25, 0.3) is 5.91 Å². The van der Waals surface area contributed by atoms with Crippen molar-refractivity contribution in [2.24, 2.45) is 0 Å². The third kappa shape index (κ3) is 5.94. The van der Waals surface area contributed by atoms with Crippen LogP contribution in [0, 0.1) is 0 Å². The smallest absolute Gasteiger partial charge is 0.306 e. The molecule has 0 atom stereocenters. The molecule has 2 amide bonds. The Morgan fingerprint density at radius 3 is 2.53 bits per heavy atom. The number of thiazole rings is 1. The topological polar surface area (TPSA) is 91.8 Å². The Kier molecular flexibility index (Phi) is 8.16.